The van der Waals surface area contributed by atoms with Crippen molar-refractivity contribution in [2.75, 3.05) is 24.5 Å². The Labute approximate surface area is 180 Å². The Balaban J connectivity index is 1.19. The number of hydrogen-bond donors (Lipinski definition) is 2. The molecule has 2 N–H and O–H groups in total. The zero-order valence-corrected chi connectivity index (χ0v) is 17.9. The number of aryl methyl sites for hydroxylation is 1. The Kier molecular flexibility index (Phi) is 6.28. The molecule has 0 unspecified atom stereocenters. The second kappa shape index (κ2) is 9.26. The van der Waals surface area contributed by atoms with Crippen LogP contribution in [0.4, 0.5) is 5.13 Å². The maximum Gasteiger partial charge on any atom is 0.309 e. The molecule has 3 aromatic rings. The molecular formula is C23H26N4O2S. The van der Waals surface area contributed by atoms with E-state index in [-0.39, 0.29) is 0 Å². The van der Waals surface area contributed by atoms with Gasteiger partial charge < -0.3 is 15.5 Å². The van der Waals surface area contributed by atoms with Crippen molar-refractivity contribution in [2.45, 2.75) is 26.3 Å². The molecule has 30 heavy (non-hydrogen) atoms. The first-order valence-electron chi connectivity index (χ1n) is 10.3. The number of thiazole rings is 1. The van der Waals surface area contributed by atoms with Gasteiger partial charge in [-0.05, 0) is 43.4 Å². The molecule has 1 aliphatic rings. The molecule has 2 aromatic carbocycles. The molecule has 0 atom stereocenters. The Morgan fingerprint density at radius 3 is 2.47 bits per heavy atom. The van der Waals surface area contributed by atoms with Gasteiger partial charge in [0.05, 0.1) is 10.2 Å². The molecule has 0 radical (unpaired) electrons. The average Bonchev–Trinajstić information content (AvgIpc) is 3.21. The van der Waals surface area contributed by atoms with Crippen LogP contribution in [0.15, 0.2) is 48.5 Å². The minimum Gasteiger partial charge on any atom is -0.348 e. The van der Waals surface area contributed by atoms with Gasteiger partial charge >= 0.3 is 11.8 Å². The van der Waals surface area contributed by atoms with Gasteiger partial charge in [0.2, 0.25) is 0 Å². The quantitative estimate of drug-likeness (QED) is 0.619. The molecule has 156 valence electrons. The first-order valence-corrected chi connectivity index (χ1v) is 11.1. The molecule has 6 nitrogen and oxygen atoms in total. The van der Waals surface area contributed by atoms with Gasteiger partial charge in [-0.3, -0.25) is 9.59 Å². The highest BCUT2D eigenvalue weighted by atomic mass is 32.1. The summed E-state index contributed by atoms with van der Waals surface area (Å²) in [6, 6.07) is 16.1. The Hall–Kier alpha value is -2.93. The van der Waals surface area contributed by atoms with Gasteiger partial charge in [0.25, 0.3) is 0 Å². The summed E-state index contributed by atoms with van der Waals surface area (Å²) >= 11 is 1.72. The Morgan fingerprint density at radius 1 is 1.03 bits per heavy atom. The van der Waals surface area contributed by atoms with Crippen LogP contribution in [0.3, 0.4) is 0 Å². The fourth-order valence-electron chi connectivity index (χ4n) is 3.61. The minimum atomic E-state index is -0.581. The maximum absolute atomic E-state index is 12.1. The Morgan fingerprint density at radius 2 is 1.73 bits per heavy atom. The van der Waals surface area contributed by atoms with Crippen LogP contribution in [0.5, 0.6) is 0 Å². The van der Waals surface area contributed by atoms with Crippen LogP contribution in [0.1, 0.15) is 24.0 Å². The van der Waals surface area contributed by atoms with E-state index >= 15 is 0 Å². The van der Waals surface area contributed by atoms with Gasteiger partial charge in [0, 0.05) is 26.2 Å². The van der Waals surface area contributed by atoms with Gasteiger partial charge in [-0.25, -0.2) is 4.98 Å². The van der Waals surface area contributed by atoms with Crippen molar-refractivity contribution in [2.24, 2.45) is 5.92 Å². The van der Waals surface area contributed by atoms with Crippen LogP contribution < -0.4 is 15.5 Å². The topological polar surface area (TPSA) is 74.3 Å². The zero-order chi connectivity index (χ0) is 20.9. The van der Waals surface area contributed by atoms with Crippen molar-refractivity contribution in [3.8, 4) is 0 Å². The van der Waals surface area contributed by atoms with Crippen molar-refractivity contribution in [3.05, 3.63) is 59.7 Å². The number of rotatable bonds is 5. The smallest absolute Gasteiger partial charge is 0.309 e. The largest absolute Gasteiger partial charge is 0.348 e. The lowest BCUT2D eigenvalue weighted by Gasteiger charge is -2.31. The number of aromatic nitrogens is 1. The lowest BCUT2D eigenvalue weighted by Crippen LogP contribution is -2.43. The van der Waals surface area contributed by atoms with Gasteiger partial charge in [0.15, 0.2) is 5.13 Å². The molecule has 7 heteroatoms. The summed E-state index contributed by atoms with van der Waals surface area (Å²) < 4.78 is 1.21. The number of para-hydroxylation sites is 1. The van der Waals surface area contributed by atoms with Crippen molar-refractivity contribution in [3.63, 3.8) is 0 Å². The fraction of sp³-hybridized carbons (Fsp3) is 0.348. The van der Waals surface area contributed by atoms with Crippen molar-refractivity contribution in [1.29, 1.82) is 0 Å². The summed E-state index contributed by atoms with van der Waals surface area (Å²) in [4.78, 5) is 31.2. The van der Waals surface area contributed by atoms with Crippen LogP contribution in [0, 0.1) is 12.8 Å². The second-order valence-electron chi connectivity index (χ2n) is 7.77. The highest BCUT2D eigenvalue weighted by Crippen LogP contribution is 2.31. The molecule has 0 bridgehead atoms. The van der Waals surface area contributed by atoms with E-state index in [1.807, 2.05) is 49.4 Å². The Bertz CT molecular complexity index is 990. The van der Waals surface area contributed by atoms with E-state index in [9.17, 15) is 9.59 Å². The molecular weight excluding hydrogens is 396 g/mol. The van der Waals surface area contributed by atoms with Gasteiger partial charge in [0.1, 0.15) is 0 Å². The monoisotopic (exact) mass is 422 g/mol. The van der Waals surface area contributed by atoms with E-state index in [0.29, 0.717) is 19.0 Å². The van der Waals surface area contributed by atoms with E-state index in [4.69, 9.17) is 4.98 Å². The summed E-state index contributed by atoms with van der Waals surface area (Å²) in [5.74, 6) is -0.761. The number of carbonyl (C=O) groups excluding carboxylic acids is 2. The number of amides is 2. The standard InChI is InChI=1S/C23H26N4O2S/c1-16-6-8-17(9-7-16)14-24-21(28)22(29)25-15-18-10-12-27(13-11-18)23-26-19-4-2-3-5-20(19)30-23/h2-9,18H,10-15H2,1H3,(H,24,28)(H,25,29). The van der Waals surface area contributed by atoms with E-state index in [0.717, 1.165) is 47.7 Å². The van der Waals surface area contributed by atoms with E-state index in [2.05, 4.69) is 21.6 Å². The summed E-state index contributed by atoms with van der Waals surface area (Å²) in [6.45, 7) is 4.73. The van der Waals surface area contributed by atoms with Crippen LogP contribution in [-0.2, 0) is 16.1 Å². The van der Waals surface area contributed by atoms with Gasteiger partial charge in [-0.15, -0.1) is 0 Å². The first-order chi connectivity index (χ1) is 14.6. The minimum absolute atomic E-state index is 0.354. The van der Waals surface area contributed by atoms with E-state index in [1.54, 1.807) is 11.3 Å². The lowest BCUT2D eigenvalue weighted by atomic mass is 9.97. The van der Waals surface area contributed by atoms with Crippen LogP contribution in [0.25, 0.3) is 10.2 Å². The molecule has 1 aliphatic heterocycles. The fourth-order valence-corrected chi connectivity index (χ4v) is 4.63. The molecule has 0 saturated carbocycles. The van der Waals surface area contributed by atoms with Crippen molar-refractivity contribution < 1.29 is 9.59 Å². The van der Waals surface area contributed by atoms with Gasteiger partial charge in [-0.1, -0.05) is 53.3 Å². The third kappa shape index (κ3) is 4.97. The number of carbonyl (C=O) groups is 2. The highest BCUT2D eigenvalue weighted by Gasteiger charge is 2.23. The van der Waals surface area contributed by atoms with Crippen LogP contribution >= 0.6 is 11.3 Å². The molecule has 1 fully saturated rings. The predicted octanol–water partition coefficient (Wildman–Crippen LogP) is 3.25. The van der Waals surface area contributed by atoms with E-state index in [1.165, 1.54) is 4.70 Å². The molecule has 0 spiro atoms. The maximum atomic E-state index is 12.1. The van der Waals surface area contributed by atoms with Crippen molar-refractivity contribution in [1.82, 2.24) is 15.6 Å². The summed E-state index contributed by atoms with van der Waals surface area (Å²) in [5.41, 5.74) is 3.18. The number of nitrogens with one attached hydrogen (secondary N) is 2. The number of anilines is 1. The third-order valence-corrected chi connectivity index (χ3v) is 6.60. The normalized spacial score (nSPS) is 14.6. The third-order valence-electron chi connectivity index (χ3n) is 5.50. The average molecular weight is 423 g/mol. The summed E-state index contributed by atoms with van der Waals surface area (Å²) in [6.07, 6.45) is 1.95. The summed E-state index contributed by atoms with van der Waals surface area (Å²) in [5, 5.41) is 6.54. The number of nitrogens with zero attached hydrogens (tertiary/aromatic N) is 2. The number of piperidine rings is 1. The molecule has 1 aromatic heterocycles. The molecule has 2 heterocycles. The van der Waals surface area contributed by atoms with E-state index < -0.39 is 11.8 Å². The van der Waals surface area contributed by atoms with Crippen LogP contribution in [-0.4, -0.2) is 36.4 Å². The number of fused-ring (bicyclic) bond motifs is 1. The SMILES string of the molecule is Cc1ccc(CNC(=O)C(=O)NCC2CCN(c3nc4ccccc4s3)CC2)cc1. The molecule has 0 aliphatic carbocycles. The first kappa shape index (κ1) is 20.3. The van der Waals surface area contributed by atoms with Gasteiger partial charge in [-0.2, -0.15) is 0 Å². The zero-order valence-electron chi connectivity index (χ0n) is 17.1. The van der Waals surface area contributed by atoms with Crippen molar-refractivity contribution >= 4 is 38.5 Å². The molecule has 4 rings (SSSR count). The predicted molar refractivity (Wildman–Crippen MR) is 121 cm³/mol. The van der Waals surface area contributed by atoms with Crippen LogP contribution in [0.2, 0.25) is 0 Å². The second-order valence-corrected chi connectivity index (χ2v) is 8.78. The summed E-state index contributed by atoms with van der Waals surface area (Å²) in [7, 11) is 0. The highest BCUT2D eigenvalue weighted by molar-refractivity contribution is 7.22. The number of benzene rings is 2. The molecule has 1 saturated heterocycles. The lowest BCUT2D eigenvalue weighted by molar-refractivity contribution is -0.139. The molecule has 2 amide bonds. The number of hydrogen-bond acceptors (Lipinski definition) is 5.